The summed E-state index contributed by atoms with van der Waals surface area (Å²) in [5.41, 5.74) is 0. The Hall–Kier alpha value is -0.910. The van der Waals surface area contributed by atoms with Gasteiger partial charge in [-0.15, -0.1) is 0 Å². The number of nitrogens with one attached hydrogen (secondary N) is 1. The lowest BCUT2D eigenvalue weighted by molar-refractivity contribution is -0.139. The van der Waals surface area contributed by atoms with Crippen LogP contribution in [0, 0.1) is 5.92 Å². The van der Waals surface area contributed by atoms with Gasteiger partial charge in [-0.2, -0.15) is 11.8 Å². The topological polar surface area (TPSA) is 69.6 Å². The van der Waals surface area contributed by atoms with Gasteiger partial charge in [0.05, 0.1) is 0 Å². The quantitative estimate of drug-likeness (QED) is 0.811. The maximum absolute atomic E-state index is 12.0. The predicted molar refractivity (Wildman–Crippen MR) is 70.8 cm³/mol. The van der Waals surface area contributed by atoms with Crippen molar-refractivity contribution in [2.45, 2.75) is 37.5 Å². The van der Waals surface area contributed by atoms with Gasteiger partial charge in [0.2, 0.25) is 0 Å². The Morgan fingerprint density at radius 2 is 2.22 bits per heavy atom. The van der Waals surface area contributed by atoms with Crippen LogP contribution in [0.25, 0.3) is 0 Å². The van der Waals surface area contributed by atoms with Crippen molar-refractivity contribution in [1.29, 1.82) is 0 Å². The largest absolute Gasteiger partial charge is 0.480 e. The van der Waals surface area contributed by atoms with E-state index in [0.29, 0.717) is 11.8 Å². The van der Waals surface area contributed by atoms with Crippen LogP contribution in [-0.4, -0.2) is 52.1 Å². The highest BCUT2D eigenvalue weighted by atomic mass is 32.2. The minimum absolute atomic E-state index is 0.132. The Bertz CT molecular complexity index is 333. The van der Waals surface area contributed by atoms with Crippen molar-refractivity contribution < 1.29 is 14.7 Å². The average molecular weight is 272 g/mol. The van der Waals surface area contributed by atoms with Crippen molar-refractivity contribution in [2.24, 2.45) is 5.92 Å². The van der Waals surface area contributed by atoms with E-state index in [-0.39, 0.29) is 11.9 Å². The third-order valence-corrected chi connectivity index (χ3v) is 4.89. The Morgan fingerprint density at radius 1 is 1.50 bits per heavy atom. The lowest BCUT2D eigenvalue weighted by Gasteiger charge is -2.32. The minimum atomic E-state index is -0.913. The summed E-state index contributed by atoms with van der Waals surface area (Å²) >= 11 is 1.89. The van der Waals surface area contributed by atoms with E-state index in [4.69, 9.17) is 5.11 Å². The molecule has 2 aliphatic rings. The van der Waals surface area contributed by atoms with Crippen LogP contribution in [0.4, 0.5) is 4.79 Å². The molecule has 0 aromatic carbocycles. The van der Waals surface area contributed by atoms with Gasteiger partial charge < -0.3 is 15.3 Å². The van der Waals surface area contributed by atoms with E-state index >= 15 is 0 Å². The zero-order valence-corrected chi connectivity index (χ0v) is 11.4. The first-order valence-corrected chi connectivity index (χ1v) is 7.56. The number of carbonyl (C=O) groups excluding carboxylic acids is 1. The molecule has 1 aliphatic heterocycles. The molecule has 0 bridgehead atoms. The summed E-state index contributed by atoms with van der Waals surface area (Å²) in [5, 5.41) is 12.2. The highest BCUT2D eigenvalue weighted by Crippen LogP contribution is 2.33. The fourth-order valence-electron chi connectivity index (χ4n) is 2.19. The van der Waals surface area contributed by atoms with Crippen LogP contribution in [0.15, 0.2) is 0 Å². The van der Waals surface area contributed by atoms with Crippen LogP contribution < -0.4 is 5.32 Å². The van der Waals surface area contributed by atoms with Crippen molar-refractivity contribution in [1.82, 2.24) is 10.2 Å². The van der Waals surface area contributed by atoms with Gasteiger partial charge in [0.1, 0.15) is 6.04 Å². The summed E-state index contributed by atoms with van der Waals surface area (Å²) in [5.74, 6) is 0.157. The molecule has 6 heteroatoms. The summed E-state index contributed by atoms with van der Waals surface area (Å²) in [6, 6.07) is -0.916. The van der Waals surface area contributed by atoms with Crippen molar-refractivity contribution in [3.05, 3.63) is 0 Å². The second kappa shape index (κ2) is 5.82. The molecule has 2 amide bonds. The molecule has 2 atom stereocenters. The second-order valence-electron chi connectivity index (χ2n) is 4.95. The van der Waals surface area contributed by atoms with Crippen LogP contribution in [0.5, 0.6) is 0 Å². The molecule has 1 aliphatic carbocycles. The molecule has 2 rings (SSSR count). The number of carboxylic acid groups (broad SMARTS) is 1. The zero-order valence-electron chi connectivity index (χ0n) is 10.6. The van der Waals surface area contributed by atoms with Crippen molar-refractivity contribution in [3.8, 4) is 0 Å². The number of carboxylic acids is 1. The normalized spacial score (nSPS) is 25.6. The fraction of sp³-hybridized carbons (Fsp3) is 0.833. The van der Waals surface area contributed by atoms with Crippen LogP contribution >= 0.6 is 11.8 Å². The number of aliphatic carboxylic acids is 1. The molecule has 102 valence electrons. The molecule has 1 saturated carbocycles. The first-order valence-electron chi connectivity index (χ1n) is 6.51. The molecule has 2 N–H and O–H groups in total. The molecule has 0 spiro atoms. The first-order chi connectivity index (χ1) is 8.61. The summed E-state index contributed by atoms with van der Waals surface area (Å²) < 4.78 is 0. The van der Waals surface area contributed by atoms with E-state index in [2.05, 4.69) is 12.2 Å². The number of hydrogen-bond acceptors (Lipinski definition) is 3. The van der Waals surface area contributed by atoms with Gasteiger partial charge in [-0.05, 0) is 25.2 Å². The third-order valence-electron chi connectivity index (χ3n) is 3.52. The number of rotatable bonds is 4. The molecule has 0 aromatic rings. The lowest BCUT2D eigenvalue weighted by Crippen LogP contribution is -2.52. The van der Waals surface area contributed by atoms with Gasteiger partial charge in [0, 0.05) is 24.1 Å². The number of thioether (sulfide) groups is 1. The van der Waals surface area contributed by atoms with Crippen molar-refractivity contribution >= 4 is 23.8 Å². The van der Waals surface area contributed by atoms with Crippen LogP contribution in [0.1, 0.15) is 26.2 Å². The number of urea groups is 1. The van der Waals surface area contributed by atoms with Gasteiger partial charge in [0.25, 0.3) is 0 Å². The summed E-state index contributed by atoms with van der Waals surface area (Å²) in [7, 11) is 0. The Balaban J connectivity index is 1.88. The number of nitrogens with zero attached hydrogens (tertiary/aromatic N) is 1. The summed E-state index contributed by atoms with van der Waals surface area (Å²) in [4.78, 5) is 24.9. The highest BCUT2D eigenvalue weighted by molar-refractivity contribution is 8.00. The number of carbonyl (C=O) groups is 2. The fourth-order valence-corrected chi connectivity index (χ4v) is 3.37. The second-order valence-corrected chi connectivity index (χ2v) is 6.36. The molecule has 0 radical (unpaired) electrons. The Morgan fingerprint density at radius 3 is 2.78 bits per heavy atom. The molecule has 1 heterocycles. The van der Waals surface area contributed by atoms with Gasteiger partial charge in [-0.1, -0.05) is 6.92 Å². The van der Waals surface area contributed by atoms with E-state index in [1.807, 2.05) is 11.8 Å². The van der Waals surface area contributed by atoms with E-state index in [1.54, 1.807) is 4.90 Å². The van der Waals surface area contributed by atoms with Gasteiger partial charge >= 0.3 is 12.0 Å². The maximum atomic E-state index is 12.0. The summed E-state index contributed by atoms with van der Waals surface area (Å²) in [6.07, 6.45) is 2.86. The van der Waals surface area contributed by atoms with Gasteiger partial charge in [-0.25, -0.2) is 9.59 Å². The molecule has 2 fully saturated rings. The zero-order chi connectivity index (χ0) is 13.1. The molecular formula is C12H20N2O3S. The number of amides is 2. The van der Waals surface area contributed by atoms with Gasteiger partial charge in [-0.3, -0.25) is 0 Å². The monoisotopic (exact) mass is 272 g/mol. The smallest absolute Gasteiger partial charge is 0.326 e. The maximum Gasteiger partial charge on any atom is 0.326 e. The molecule has 0 aromatic heterocycles. The van der Waals surface area contributed by atoms with Gasteiger partial charge in [0.15, 0.2) is 0 Å². The lowest BCUT2D eigenvalue weighted by atomic mass is 10.2. The van der Waals surface area contributed by atoms with E-state index in [0.717, 1.165) is 31.6 Å². The molecule has 2 unspecified atom stereocenters. The van der Waals surface area contributed by atoms with Crippen molar-refractivity contribution in [3.63, 3.8) is 0 Å². The standard InChI is InChI=1S/C12H20N2O3S/c1-2-9-7-14(5-6-18-9)12(17)13-10(11(15)16)8-3-4-8/h8-10H,2-7H2,1H3,(H,13,17)(H,15,16). The molecule has 1 saturated heterocycles. The molecule has 18 heavy (non-hydrogen) atoms. The van der Waals surface area contributed by atoms with Crippen molar-refractivity contribution in [2.75, 3.05) is 18.8 Å². The van der Waals surface area contributed by atoms with Crippen LogP contribution in [-0.2, 0) is 4.79 Å². The van der Waals surface area contributed by atoms with E-state index < -0.39 is 12.0 Å². The number of hydrogen-bond donors (Lipinski definition) is 2. The van der Waals surface area contributed by atoms with Crippen LogP contribution in [0.2, 0.25) is 0 Å². The van der Waals surface area contributed by atoms with E-state index in [1.165, 1.54) is 0 Å². The highest BCUT2D eigenvalue weighted by Gasteiger charge is 2.38. The van der Waals surface area contributed by atoms with E-state index in [9.17, 15) is 9.59 Å². The first kappa shape index (κ1) is 13.5. The average Bonchev–Trinajstić information content (AvgIpc) is 3.19. The SMILES string of the molecule is CCC1CN(C(=O)NC(C(=O)O)C2CC2)CCS1. The minimum Gasteiger partial charge on any atom is -0.480 e. The van der Waals surface area contributed by atoms with Crippen LogP contribution in [0.3, 0.4) is 0 Å². The molecule has 5 nitrogen and oxygen atoms in total. The Kier molecular flexibility index (Phi) is 4.37. The molecular weight excluding hydrogens is 252 g/mol. The summed E-state index contributed by atoms with van der Waals surface area (Å²) in [6.45, 7) is 3.55. The third kappa shape index (κ3) is 3.31. The predicted octanol–water partition coefficient (Wildman–Crippen LogP) is 1.39. The Labute approximate surface area is 111 Å².